The molecular formula is C21H26O2. The van der Waals surface area contributed by atoms with Crippen molar-refractivity contribution in [2.45, 2.75) is 58.5 Å². The van der Waals surface area contributed by atoms with Crippen molar-refractivity contribution in [2.75, 3.05) is 0 Å². The number of aryl methyl sites for hydroxylation is 2. The van der Waals surface area contributed by atoms with Gasteiger partial charge >= 0.3 is 5.97 Å². The molecule has 0 heterocycles. The van der Waals surface area contributed by atoms with Gasteiger partial charge in [0.1, 0.15) is 6.10 Å². The fourth-order valence-corrected chi connectivity index (χ4v) is 5.48. The molecule has 0 spiro atoms. The third-order valence-corrected chi connectivity index (χ3v) is 6.61. The predicted octanol–water partition coefficient (Wildman–Crippen LogP) is 4.56. The van der Waals surface area contributed by atoms with E-state index in [1.54, 1.807) is 11.1 Å². The molecule has 1 saturated carbocycles. The minimum atomic E-state index is -0.159. The number of esters is 1. The minimum Gasteiger partial charge on any atom is -0.458 e. The highest BCUT2D eigenvalue weighted by Crippen LogP contribution is 2.59. The van der Waals surface area contributed by atoms with Gasteiger partial charge in [0, 0.05) is 12.3 Å². The van der Waals surface area contributed by atoms with Crippen LogP contribution in [0.2, 0.25) is 0 Å². The van der Waals surface area contributed by atoms with Gasteiger partial charge in [-0.1, -0.05) is 36.8 Å². The number of ether oxygens (including phenoxy) is 1. The molecule has 1 aromatic rings. The predicted molar refractivity (Wildman–Crippen MR) is 91.3 cm³/mol. The van der Waals surface area contributed by atoms with Gasteiger partial charge in [-0.3, -0.25) is 4.79 Å². The molecule has 122 valence electrons. The van der Waals surface area contributed by atoms with Gasteiger partial charge in [0.15, 0.2) is 0 Å². The Hall–Kier alpha value is -1.57. The first kappa shape index (κ1) is 15.0. The topological polar surface area (TPSA) is 26.3 Å². The Bertz CT molecular complexity index is 674. The molecule has 4 rings (SSSR count). The van der Waals surface area contributed by atoms with Crippen molar-refractivity contribution >= 4 is 5.97 Å². The molecule has 4 unspecified atom stereocenters. The second-order valence-corrected chi connectivity index (χ2v) is 8.00. The smallest absolute Gasteiger partial charge is 0.303 e. The molecule has 0 N–H and O–H groups in total. The van der Waals surface area contributed by atoms with E-state index in [2.05, 4.69) is 44.2 Å². The summed E-state index contributed by atoms with van der Waals surface area (Å²) in [6.07, 6.45) is 9.27. The molecule has 3 aliphatic rings. The molecule has 0 bridgehead atoms. The molecule has 2 nitrogen and oxygen atoms in total. The van der Waals surface area contributed by atoms with Gasteiger partial charge < -0.3 is 4.74 Å². The first-order valence-corrected chi connectivity index (χ1v) is 8.94. The van der Waals surface area contributed by atoms with Gasteiger partial charge in [-0.15, -0.1) is 0 Å². The Labute approximate surface area is 138 Å². The van der Waals surface area contributed by atoms with E-state index in [0.717, 1.165) is 6.42 Å². The van der Waals surface area contributed by atoms with E-state index in [0.29, 0.717) is 17.8 Å². The van der Waals surface area contributed by atoms with Crippen LogP contribution in [0, 0.1) is 24.2 Å². The molecule has 0 radical (unpaired) electrons. The molecular weight excluding hydrogens is 284 g/mol. The molecule has 5 atom stereocenters. The maximum Gasteiger partial charge on any atom is 0.303 e. The van der Waals surface area contributed by atoms with Gasteiger partial charge in [-0.05, 0) is 67.6 Å². The van der Waals surface area contributed by atoms with Crippen molar-refractivity contribution in [3.8, 4) is 0 Å². The Morgan fingerprint density at radius 2 is 2.09 bits per heavy atom. The number of hydrogen-bond donors (Lipinski definition) is 0. The summed E-state index contributed by atoms with van der Waals surface area (Å²) in [5.41, 5.74) is 4.61. The molecule has 23 heavy (non-hydrogen) atoms. The molecule has 0 saturated heterocycles. The fourth-order valence-electron chi connectivity index (χ4n) is 5.48. The molecule has 1 aromatic carbocycles. The van der Waals surface area contributed by atoms with E-state index in [1.165, 1.54) is 31.7 Å². The monoisotopic (exact) mass is 310 g/mol. The lowest BCUT2D eigenvalue weighted by Crippen LogP contribution is -2.45. The summed E-state index contributed by atoms with van der Waals surface area (Å²) >= 11 is 0. The number of hydrogen-bond acceptors (Lipinski definition) is 2. The van der Waals surface area contributed by atoms with E-state index in [4.69, 9.17) is 4.74 Å². The molecule has 2 heteroatoms. The SMILES string of the molecule is CC(=O)OC1C=CC2C3CCc4cc(C)ccc4C3CC[C@]12C. The second-order valence-electron chi connectivity index (χ2n) is 8.00. The third kappa shape index (κ3) is 2.26. The van der Waals surface area contributed by atoms with Crippen LogP contribution in [0.15, 0.2) is 30.4 Å². The normalized spacial score (nSPS) is 37.7. The van der Waals surface area contributed by atoms with Crippen LogP contribution in [-0.4, -0.2) is 12.1 Å². The molecule has 0 amide bonds. The number of carbonyl (C=O) groups is 1. The summed E-state index contributed by atoms with van der Waals surface area (Å²) in [5.74, 6) is 1.76. The van der Waals surface area contributed by atoms with Gasteiger partial charge in [-0.25, -0.2) is 0 Å². The van der Waals surface area contributed by atoms with Gasteiger partial charge in [-0.2, -0.15) is 0 Å². The van der Waals surface area contributed by atoms with E-state index in [9.17, 15) is 4.79 Å². The summed E-state index contributed by atoms with van der Waals surface area (Å²) in [6.45, 7) is 6.04. The molecule has 3 aliphatic carbocycles. The lowest BCUT2D eigenvalue weighted by atomic mass is 9.55. The average Bonchev–Trinajstić information content (AvgIpc) is 2.83. The fraction of sp³-hybridized carbons (Fsp3) is 0.571. The Kier molecular flexibility index (Phi) is 3.40. The quantitative estimate of drug-likeness (QED) is 0.561. The lowest BCUT2D eigenvalue weighted by Gasteiger charge is -2.50. The highest BCUT2D eigenvalue weighted by molar-refractivity contribution is 5.66. The maximum absolute atomic E-state index is 11.4. The summed E-state index contributed by atoms with van der Waals surface area (Å²) in [4.78, 5) is 11.4. The van der Waals surface area contributed by atoms with Crippen molar-refractivity contribution < 1.29 is 9.53 Å². The first-order chi connectivity index (χ1) is 11.0. The molecule has 0 aromatic heterocycles. The van der Waals surface area contributed by atoms with Crippen LogP contribution in [0.3, 0.4) is 0 Å². The zero-order chi connectivity index (χ0) is 16.2. The lowest BCUT2D eigenvalue weighted by molar-refractivity contribution is -0.152. The zero-order valence-electron chi connectivity index (χ0n) is 14.3. The summed E-state index contributed by atoms with van der Waals surface area (Å²) in [5, 5.41) is 0. The van der Waals surface area contributed by atoms with Crippen molar-refractivity contribution in [2.24, 2.45) is 17.3 Å². The van der Waals surface area contributed by atoms with E-state index in [-0.39, 0.29) is 17.5 Å². The van der Waals surface area contributed by atoms with Crippen molar-refractivity contribution in [3.05, 3.63) is 47.0 Å². The van der Waals surface area contributed by atoms with Crippen LogP contribution >= 0.6 is 0 Å². The highest BCUT2D eigenvalue weighted by atomic mass is 16.5. The van der Waals surface area contributed by atoms with Crippen molar-refractivity contribution in [1.29, 1.82) is 0 Å². The minimum absolute atomic E-state index is 0.0367. The van der Waals surface area contributed by atoms with Crippen LogP contribution in [0.4, 0.5) is 0 Å². The van der Waals surface area contributed by atoms with Crippen LogP contribution < -0.4 is 0 Å². The van der Waals surface area contributed by atoms with Crippen LogP contribution in [0.25, 0.3) is 0 Å². The van der Waals surface area contributed by atoms with Gasteiger partial charge in [0.2, 0.25) is 0 Å². The number of benzene rings is 1. The van der Waals surface area contributed by atoms with Crippen LogP contribution in [-0.2, 0) is 16.0 Å². The number of fused-ring (bicyclic) bond motifs is 5. The Morgan fingerprint density at radius 3 is 2.87 bits per heavy atom. The van der Waals surface area contributed by atoms with E-state index >= 15 is 0 Å². The summed E-state index contributed by atoms with van der Waals surface area (Å²) < 4.78 is 5.62. The molecule has 1 fully saturated rings. The van der Waals surface area contributed by atoms with E-state index in [1.807, 2.05) is 0 Å². The van der Waals surface area contributed by atoms with Crippen LogP contribution in [0.1, 0.15) is 55.7 Å². The summed E-state index contributed by atoms with van der Waals surface area (Å²) in [6, 6.07) is 7.01. The van der Waals surface area contributed by atoms with Gasteiger partial charge in [0.05, 0.1) is 0 Å². The van der Waals surface area contributed by atoms with Crippen molar-refractivity contribution in [3.63, 3.8) is 0 Å². The Balaban J connectivity index is 1.65. The van der Waals surface area contributed by atoms with Gasteiger partial charge in [0.25, 0.3) is 0 Å². The van der Waals surface area contributed by atoms with E-state index < -0.39 is 0 Å². The zero-order valence-corrected chi connectivity index (χ0v) is 14.3. The number of rotatable bonds is 1. The first-order valence-electron chi connectivity index (χ1n) is 8.94. The van der Waals surface area contributed by atoms with Crippen LogP contribution in [0.5, 0.6) is 0 Å². The standard InChI is InChI=1S/C21H26O2/c1-13-4-6-16-15(12-13)5-7-18-17(16)10-11-21(3)19(18)8-9-20(21)23-14(2)22/h4,6,8-9,12,17-20H,5,7,10-11H2,1-3H3/t17?,18?,19?,20?,21-/m0/s1. The third-order valence-electron chi connectivity index (χ3n) is 6.61. The number of carbonyl (C=O) groups excluding carboxylic acids is 1. The largest absolute Gasteiger partial charge is 0.458 e. The number of allylic oxidation sites excluding steroid dienone is 1. The molecule has 0 aliphatic heterocycles. The summed E-state index contributed by atoms with van der Waals surface area (Å²) in [7, 11) is 0. The maximum atomic E-state index is 11.4. The Morgan fingerprint density at radius 1 is 1.26 bits per heavy atom. The average molecular weight is 310 g/mol. The second kappa shape index (κ2) is 5.22. The highest BCUT2D eigenvalue weighted by Gasteiger charge is 2.53. The van der Waals surface area contributed by atoms with Crippen molar-refractivity contribution in [1.82, 2.24) is 0 Å².